The molecule has 0 spiro atoms. The summed E-state index contributed by atoms with van der Waals surface area (Å²) in [5, 5.41) is 2.20. The van der Waals surface area contributed by atoms with Gasteiger partial charge in [-0.05, 0) is 19.1 Å². The lowest BCUT2D eigenvalue weighted by molar-refractivity contribution is -0.137. The number of halogens is 3. The molecule has 28 heavy (non-hydrogen) atoms. The third kappa shape index (κ3) is 4.46. The first kappa shape index (κ1) is 19.3. The van der Waals surface area contributed by atoms with Crippen LogP contribution < -0.4 is 10.9 Å². The Kier molecular flexibility index (Phi) is 5.30. The summed E-state index contributed by atoms with van der Waals surface area (Å²) in [4.78, 5) is 28.6. The summed E-state index contributed by atoms with van der Waals surface area (Å²) in [6.45, 7) is 1.48. The maximum atomic E-state index is 13.0. The van der Waals surface area contributed by atoms with Crippen molar-refractivity contribution in [2.24, 2.45) is 0 Å². The van der Waals surface area contributed by atoms with Crippen LogP contribution in [-0.4, -0.2) is 15.5 Å². The number of benzene rings is 2. The van der Waals surface area contributed by atoms with Gasteiger partial charge in [-0.15, -0.1) is 0 Å². The zero-order valence-corrected chi connectivity index (χ0v) is 14.8. The topological polar surface area (TPSA) is 64.0 Å². The minimum atomic E-state index is -4.60. The lowest BCUT2D eigenvalue weighted by atomic mass is 10.1. The van der Waals surface area contributed by atoms with Crippen LogP contribution in [0.1, 0.15) is 11.1 Å². The molecule has 3 rings (SSSR count). The lowest BCUT2D eigenvalue weighted by Gasteiger charge is -2.14. The molecule has 5 nitrogen and oxygen atoms in total. The summed E-state index contributed by atoms with van der Waals surface area (Å²) < 4.78 is 40.0. The molecule has 0 atom stereocenters. The summed E-state index contributed by atoms with van der Waals surface area (Å²) in [7, 11) is 0. The van der Waals surface area contributed by atoms with Gasteiger partial charge >= 0.3 is 6.18 Å². The van der Waals surface area contributed by atoms with Gasteiger partial charge in [0, 0.05) is 11.6 Å². The lowest BCUT2D eigenvalue weighted by Crippen LogP contribution is -2.28. The van der Waals surface area contributed by atoms with Crippen molar-refractivity contribution in [2.45, 2.75) is 19.6 Å². The van der Waals surface area contributed by atoms with E-state index < -0.39 is 29.8 Å². The number of carbonyl (C=O) groups is 1. The van der Waals surface area contributed by atoms with Gasteiger partial charge in [0.15, 0.2) is 0 Å². The quantitative estimate of drug-likeness (QED) is 0.739. The second kappa shape index (κ2) is 7.67. The van der Waals surface area contributed by atoms with Crippen LogP contribution in [0.2, 0.25) is 0 Å². The van der Waals surface area contributed by atoms with E-state index in [4.69, 9.17) is 0 Å². The minimum absolute atomic E-state index is 0.364. The Morgan fingerprint density at radius 2 is 1.79 bits per heavy atom. The van der Waals surface area contributed by atoms with Crippen LogP contribution in [0.4, 0.5) is 18.9 Å². The fraction of sp³-hybridized carbons (Fsp3) is 0.150. The van der Waals surface area contributed by atoms with Crippen LogP contribution in [0.3, 0.4) is 0 Å². The molecule has 2 aromatic carbocycles. The van der Waals surface area contributed by atoms with Crippen molar-refractivity contribution < 1.29 is 18.0 Å². The predicted molar refractivity (Wildman–Crippen MR) is 98.7 cm³/mol. The molecule has 0 aliphatic heterocycles. The van der Waals surface area contributed by atoms with Crippen molar-refractivity contribution in [3.05, 3.63) is 82.4 Å². The smallest absolute Gasteiger partial charge is 0.324 e. The molecule has 144 valence electrons. The molecule has 1 N–H and O–H groups in total. The van der Waals surface area contributed by atoms with Crippen molar-refractivity contribution in [3.8, 4) is 11.3 Å². The Hall–Kier alpha value is -3.42. The number of alkyl halides is 3. The Labute approximate surface area is 158 Å². The summed E-state index contributed by atoms with van der Waals surface area (Å²) in [5.41, 5.74) is 0.459. The normalized spacial score (nSPS) is 11.3. The minimum Gasteiger partial charge on any atom is -0.324 e. The van der Waals surface area contributed by atoms with Crippen molar-refractivity contribution in [1.82, 2.24) is 9.55 Å². The average molecular weight is 387 g/mol. The summed E-state index contributed by atoms with van der Waals surface area (Å²) in [5.74, 6) is -0.760. The van der Waals surface area contributed by atoms with Crippen molar-refractivity contribution >= 4 is 11.6 Å². The third-order valence-corrected chi connectivity index (χ3v) is 4.05. The van der Waals surface area contributed by atoms with E-state index in [9.17, 15) is 22.8 Å². The van der Waals surface area contributed by atoms with Gasteiger partial charge in [-0.3, -0.25) is 14.2 Å². The fourth-order valence-electron chi connectivity index (χ4n) is 2.61. The van der Waals surface area contributed by atoms with E-state index in [1.54, 1.807) is 0 Å². The van der Waals surface area contributed by atoms with Crippen LogP contribution in [-0.2, 0) is 17.5 Å². The van der Waals surface area contributed by atoms with E-state index in [0.29, 0.717) is 5.69 Å². The second-order valence-electron chi connectivity index (χ2n) is 6.20. The van der Waals surface area contributed by atoms with Crippen LogP contribution in [0.15, 0.2) is 65.7 Å². The number of rotatable bonds is 4. The predicted octanol–water partition coefficient (Wildman–Crippen LogP) is 3.88. The van der Waals surface area contributed by atoms with E-state index in [0.717, 1.165) is 27.8 Å². The number of hydrogen-bond donors (Lipinski definition) is 1. The van der Waals surface area contributed by atoms with E-state index >= 15 is 0 Å². The molecule has 0 fully saturated rings. The SMILES string of the molecule is Cc1ccc(-c2cc(=O)n(CC(=O)Nc3ccccc3C(F)(F)F)cn2)cc1. The number of para-hydroxylation sites is 1. The van der Waals surface area contributed by atoms with Crippen molar-refractivity contribution in [2.75, 3.05) is 5.32 Å². The van der Waals surface area contributed by atoms with Gasteiger partial charge < -0.3 is 5.32 Å². The monoisotopic (exact) mass is 387 g/mol. The molecular formula is C20H16F3N3O2. The zero-order valence-electron chi connectivity index (χ0n) is 14.8. The first-order valence-electron chi connectivity index (χ1n) is 8.33. The molecular weight excluding hydrogens is 371 g/mol. The van der Waals surface area contributed by atoms with Gasteiger partial charge in [0.25, 0.3) is 5.56 Å². The molecule has 0 saturated heterocycles. The van der Waals surface area contributed by atoms with Crippen LogP contribution >= 0.6 is 0 Å². The number of carbonyl (C=O) groups excluding carboxylic acids is 1. The Morgan fingerprint density at radius 1 is 1.11 bits per heavy atom. The molecule has 1 aromatic heterocycles. The number of nitrogens with one attached hydrogen (secondary N) is 1. The molecule has 0 unspecified atom stereocenters. The van der Waals surface area contributed by atoms with Crippen molar-refractivity contribution in [3.63, 3.8) is 0 Å². The first-order valence-corrected chi connectivity index (χ1v) is 8.33. The highest BCUT2D eigenvalue weighted by atomic mass is 19.4. The van der Waals surface area contributed by atoms with Crippen LogP contribution in [0.5, 0.6) is 0 Å². The third-order valence-electron chi connectivity index (χ3n) is 4.05. The van der Waals surface area contributed by atoms with Gasteiger partial charge in [0.05, 0.1) is 23.3 Å². The van der Waals surface area contributed by atoms with Crippen LogP contribution in [0.25, 0.3) is 11.3 Å². The highest BCUT2D eigenvalue weighted by molar-refractivity contribution is 5.91. The Morgan fingerprint density at radius 3 is 2.43 bits per heavy atom. The van der Waals surface area contributed by atoms with Gasteiger partial charge in [-0.2, -0.15) is 13.2 Å². The maximum Gasteiger partial charge on any atom is 0.418 e. The average Bonchev–Trinajstić information content (AvgIpc) is 2.63. The molecule has 0 bridgehead atoms. The largest absolute Gasteiger partial charge is 0.418 e. The molecule has 8 heteroatoms. The highest BCUT2D eigenvalue weighted by Gasteiger charge is 2.33. The second-order valence-corrected chi connectivity index (χ2v) is 6.20. The van der Waals surface area contributed by atoms with Gasteiger partial charge in [0.2, 0.25) is 5.91 Å². The van der Waals surface area contributed by atoms with E-state index in [2.05, 4.69) is 10.3 Å². The summed E-state index contributed by atoms with van der Waals surface area (Å²) >= 11 is 0. The number of nitrogens with zero attached hydrogens (tertiary/aromatic N) is 2. The summed E-state index contributed by atoms with van der Waals surface area (Å²) in [6, 6.07) is 13.3. The van der Waals surface area contributed by atoms with Gasteiger partial charge in [-0.25, -0.2) is 4.98 Å². The fourth-order valence-corrected chi connectivity index (χ4v) is 2.61. The maximum absolute atomic E-state index is 13.0. The molecule has 1 heterocycles. The van der Waals surface area contributed by atoms with Gasteiger partial charge in [0.1, 0.15) is 6.54 Å². The van der Waals surface area contributed by atoms with Gasteiger partial charge in [-0.1, -0.05) is 42.0 Å². The number of anilines is 1. The Bertz CT molecular complexity index is 1060. The van der Waals surface area contributed by atoms with E-state index in [1.165, 1.54) is 24.5 Å². The van der Waals surface area contributed by atoms with Crippen LogP contribution in [0, 0.1) is 6.92 Å². The molecule has 0 aliphatic rings. The zero-order chi connectivity index (χ0) is 20.3. The van der Waals surface area contributed by atoms with E-state index in [1.807, 2.05) is 31.2 Å². The number of hydrogen-bond acceptors (Lipinski definition) is 3. The summed E-state index contributed by atoms with van der Waals surface area (Å²) in [6.07, 6.45) is -3.40. The molecule has 0 radical (unpaired) electrons. The molecule has 1 amide bonds. The Balaban J connectivity index is 1.77. The number of aromatic nitrogens is 2. The number of amides is 1. The first-order chi connectivity index (χ1) is 13.2. The molecule has 0 aliphatic carbocycles. The van der Waals surface area contributed by atoms with E-state index in [-0.39, 0.29) is 5.69 Å². The molecule has 0 saturated carbocycles. The van der Waals surface area contributed by atoms with Crippen molar-refractivity contribution in [1.29, 1.82) is 0 Å². The molecule has 3 aromatic rings. The number of aryl methyl sites for hydroxylation is 1. The highest BCUT2D eigenvalue weighted by Crippen LogP contribution is 2.34. The standard InChI is InChI=1S/C20H16F3N3O2/c1-13-6-8-14(9-7-13)17-10-19(28)26(12-24-17)11-18(27)25-16-5-3-2-4-15(16)20(21,22)23/h2-10,12H,11H2,1H3,(H,25,27).